The van der Waals surface area contributed by atoms with Crippen LogP contribution in [0.1, 0.15) is 19.4 Å². The van der Waals surface area contributed by atoms with Crippen LogP contribution in [0.5, 0.6) is 5.75 Å². The average molecular weight is 280 g/mol. The number of hydrogen-bond acceptors (Lipinski definition) is 3. The number of aliphatic hydroxyl groups is 1. The number of amides is 2. The number of benzene rings is 1. The summed E-state index contributed by atoms with van der Waals surface area (Å²) in [4.78, 5) is 13.3. The molecule has 0 bridgehead atoms. The predicted octanol–water partition coefficient (Wildman–Crippen LogP) is 1.78. The summed E-state index contributed by atoms with van der Waals surface area (Å²) in [7, 11) is 1.65. The fourth-order valence-electron chi connectivity index (χ4n) is 1.57. The van der Waals surface area contributed by atoms with E-state index in [2.05, 4.69) is 5.32 Å². The summed E-state index contributed by atoms with van der Waals surface area (Å²) in [5.74, 6) is 0.787. The predicted molar refractivity (Wildman–Crippen MR) is 79.0 cm³/mol. The van der Waals surface area contributed by atoms with Crippen LogP contribution >= 0.6 is 0 Å². The molecule has 0 aliphatic rings. The van der Waals surface area contributed by atoms with Crippen molar-refractivity contribution in [3.05, 3.63) is 29.8 Å². The molecule has 1 rings (SSSR count). The molecule has 0 heterocycles. The van der Waals surface area contributed by atoms with Crippen molar-refractivity contribution >= 4 is 6.03 Å². The van der Waals surface area contributed by atoms with Gasteiger partial charge < -0.3 is 20.1 Å². The number of nitrogens with one attached hydrogen (secondary N) is 1. The van der Waals surface area contributed by atoms with E-state index in [9.17, 15) is 4.79 Å². The van der Waals surface area contributed by atoms with E-state index in [0.29, 0.717) is 6.54 Å². The van der Waals surface area contributed by atoms with Crippen LogP contribution in [0.15, 0.2) is 24.3 Å². The minimum Gasteiger partial charge on any atom is -0.489 e. The summed E-state index contributed by atoms with van der Waals surface area (Å²) in [5.41, 5.74) is 1.18. The normalized spacial score (nSPS) is 13.4. The van der Waals surface area contributed by atoms with Crippen LogP contribution in [-0.2, 0) is 0 Å². The van der Waals surface area contributed by atoms with Gasteiger partial charge in [0.1, 0.15) is 11.9 Å². The van der Waals surface area contributed by atoms with Gasteiger partial charge in [-0.05, 0) is 32.9 Å². The Hall–Kier alpha value is -1.75. The lowest BCUT2D eigenvalue weighted by atomic mass is 10.2. The van der Waals surface area contributed by atoms with E-state index in [0.717, 1.165) is 5.75 Å². The maximum atomic E-state index is 11.8. The minimum absolute atomic E-state index is 0.0562. The Kier molecular flexibility index (Phi) is 6.31. The van der Waals surface area contributed by atoms with Crippen molar-refractivity contribution in [2.45, 2.75) is 32.9 Å². The van der Waals surface area contributed by atoms with Crippen LogP contribution < -0.4 is 10.1 Å². The second kappa shape index (κ2) is 7.75. The SMILES string of the molecule is Cc1ccc(OC(C)CNC(=O)N(C)C(C)CO)cc1. The summed E-state index contributed by atoms with van der Waals surface area (Å²) >= 11 is 0. The summed E-state index contributed by atoms with van der Waals surface area (Å²) in [5, 5.41) is 11.8. The van der Waals surface area contributed by atoms with E-state index in [1.807, 2.05) is 38.1 Å². The van der Waals surface area contributed by atoms with Crippen LogP contribution in [0.4, 0.5) is 4.79 Å². The highest BCUT2D eigenvalue weighted by Crippen LogP contribution is 2.13. The smallest absolute Gasteiger partial charge is 0.317 e. The van der Waals surface area contributed by atoms with E-state index >= 15 is 0 Å². The molecule has 0 aliphatic heterocycles. The number of urea groups is 1. The number of rotatable bonds is 6. The van der Waals surface area contributed by atoms with Crippen LogP contribution in [0, 0.1) is 6.92 Å². The quantitative estimate of drug-likeness (QED) is 0.835. The largest absolute Gasteiger partial charge is 0.489 e. The second-order valence-corrected chi connectivity index (χ2v) is 5.07. The van der Waals surface area contributed by atoms with Gasteiger partial charge in [0, 0.05) is 7.05 Å². The lowest BCUT2D eigenvalue weighted by Crippen LogP contribution is -2.46. The zero-order chi connectivity index (χ0) is 15.1. The van der Waals surface area contributed by atoms with Crippen molar-refractivity contribution in [3.8, 4) is 5.75 Å². The number of nitrogens with zero attached hydrogens (tertiary/aromatic N) is 1. The van der Waals surface area contributed by atoms with Gasteiger partial charge in [-0.15, -0.1) is 0 Å². The molecule has 0 aromatic heterocycles. The lowest BCUT2D eigenvalue weighted by Gasteiger charge is -2.24. The van der Waals surface area contributed by atoms with Gasteiger partial charge in [0.05, 0.1) is 19.2 Å². The van der Waals surface area contributed by atoms with Gasteiger partial charge in [-0.1, -0.05) is 17.7 Å². The van der Waals surface area contributed by atoms with E-state index in [1.54, 1.807) is 14.0 Å². The van der Waals surface area contributed by atoms with Crippen LogP contribution in [0.3, 0.4) is 0 Å². The molecule has 2 unspecified atom stereocenters. The molecule has 20 heavy (non-hydrogen) atoms. The number of aryl methyl sites for hydroxylation is 1. The Labute approximate surface area is 120 Å². The van der Waals surface area contributed by atoms with Crippen LogP contribution in [0.2, 0.25) is 0 Å². The molecule has 2 N–H and O–H groups in total. The molecule has 2 atom stereocenters. The number of carbonyl (C=O) groups excluding carboxylic acids is 1. The average Bonchev–Trinajstić information content (AvgIpc) is 2.45. The van der Waals surface area contributed by atoms with Gasteiger partial charge in [-0.25, -0.2) is 4.79 Å². The van der Waals surface area contributed by atoms with Gasteiger partial charge in [-0.2, -0.15) is 0 Å². The highest BCUT2D eigenvalue weighted by molar-refractivity contribution is 5.74. The van der Waals surface area contributed by atoms with E-state index in [1.165, 1.54) is 10.5 Å². The first-order valence-corrected chi connectivity index (χ1v) is 6.79. The standard InChI is InChI=1S/C15H24N2O3/c1-11-5-7-14(8-6-11)20-13(3)9-16-15(19)17(4)12(2)10-18/h5-8,12-13,18H,9-10H2,1-4H3,(H,16,19). The van der Waals surface area contributed by atoms with Crippen LogP contribution in [0.25, 0.3) is 0 Å². The molecule has 2 amide bonds. The van der Waals surface area contributed by atoms with Gasteiger partial charge in [0.15, 0.2) is 0 Å². The molecule has 0 saturated carbocycles. The maximum Gasteiger partial charge on any atom is 0.317 e. The first-order valence-electron chi connectivity index (χ1n) is 6.79. The maximum absolute atomic E-state index is 11.8. The molecule has 0 fully saturated rings. The van der Waals surface area contributed by atoms with Crippen molar-refractivity contribution in [1.82, 2.24) is 10.2 Å². The zero-order valence-corrected chi connectivity index (χ0v) is 12.6. The summed E-state index contributed by atoms with van der Waals surface area (Å²) in [6.07, 6.45) is -0.125. The Morgan fingerprint density at radius 1 is 1.35 bits per heavy atom. The summed E-state index contributed by atoms with van der Waals surface area (Å²) < 4.78 is 5.70. The molecule has 0 radical (unpaired) electrons. The highest BCUT2D eigenvalue weighted by Gasteiger charge is 2.15. The fourth-order valence-corrected chi connectivity index (χ4v) is 1.57. The van der Waals surface area contributed by atoms with Gasteiger partial charge in [-0.3, -0.25) is 0 Å². The molecular formula is C15H24N2O3. The lowest BCUT2D eigenvalue weighted by molar-refractivity contribution is 0.151. The first-order chi connectivity index (χ1) is 9.43. The number of carbonyl (C=O) groups is 1. The molecule has 1 aromatic carbocycles. The molecule has 112 valence electrons. The topological polar surface area (TPSA) is 61.8 Å². The molecular weight excluding hydrogens is 256 g/mol. The van der Waals surface area contributed by atoms with Crippen molar-refractivity contribution in [2.24, 2.45) is 0 Å². The van der Waals surface area contributed by atoms with Gasteiger partial charge in [0.25, 0.3) is 0 Å². The molecule has 0 saturated heterocycles. The monoisotopic (exact) mass is 280 g/mol. The van der Waals surface area contributed by atoms with Crippen molar-refractivity contribution in [3.63, 3.8) is 0 Å². The van der Waals surface area contributed by atoms with Crippen molar-refractivity contribution in [1.29, 1.82) is 0 Å². The zero-order valence-electron chi connectivity index (χ0n) is 12.6. The Morgan fingerprint density at radius 3 is 2.50 bits per heavy atom. The van der Waals surface area contributed by atoms with Crippen LogP contribution in [-0.4, -0.2) is 48.4 Å². The van der Waals surface area contributed by atoms with Crippen molar-refractivity contribution < 1.29 is 14.6 Å². The second-order valence-electron chi connectivity index (χ2n) is 5.07. The first kappa shape index (κ1) is 16.3. The Bertz CT molecular complexity index is 420. The fraction of sp³-hybridized carbons (Fsp3) is 0.533. The Morgan fingerprint density at radius 2 is 1.95 bits per heavy atom. The third-order valence-corrected chi connectivity index (χ3v) is 3.14. The highest BCUT2D eigenvalue weighted by atomic mass is 16.5. The third-order valence-electron chi connectivity index (χ3n) is 3.14. The number of likely N-dealkylation sites (N-methyl/N-ethyl adjacent to an activating group) is 1. The molecule has 0 aliphatic carbocycles. The number of hydrogen-bond donors (Lipinski definition) is 2. The third kappa shape index (κ3) is 5.09. The molecule has 0 spiro atoms. The van der Waals surface area contributed by atoms with Gasteiger partial charge in [0.2, 0.25) is 0 Å². The van der Waals surface area contributed by atoms with E-state index in [-0.39, 0.29) is 24.8 Å². The number of aliphatic hydroxyl groups excluding tert-OH is 1. The van der Waals surface area contributed by atoms with Gasteiger partial charge >= 0.3 is 6.03 Å². The molecule has 5 nitrogen and oxygen atoms in total. The van der Waals surface area contributed by atoms with Crippen molar-refractivity contribution in [2.75, 3.05) is 20.2 Å². The van der Waals surface area contributed by atoms with E-state index in [4.69, 9.17) is 9.84 Å². The minimum atomic E-state index is -0.217. The van der Waals surface area contributed by atoms with E-state index < -0.39 is 0 Å². The Balaban J connectivity index is 2.37. The molecule has 1 aromatic rings. The summed E-state index contributed by atoms with van der Waals surface area (Å²) in [6, 6.07) is 7.37. The number of ether oxygens (including phenoxy) is 1. The summed E-state index contributed by atoms with van der Waals surface area (Å²) in [6.45, 7) is 6.06. The molecule has 5 heteroatoms.